The van der Waals surface area contributed by atoms with Crippen molar-refractivity contribution >= 4 is 0 Å². The highest BCUT2D eigenvalue weighted by Crippen LogP contribution is 2.34. The van der Waals surface area contributed by atoms with Crippen LogP contribution < -0.4 is 0 Å². The van der Waals surface area contributed by atoms with E-state index in [2.05, 4.69) is 34.6 Å². The molecule has 0 aliphatic rings. The van der Waals surface area contributed by atoms with Gasteiger partial charge in [-0.15, -0.1) is 0 Å². The van der Waals surface area contributed by atoms with Crippen LogP contribution in [0.5, 0.6) is 0 Å². The van der Waals surface area contributed by atoms with Crippen molar-refractivity contribution in [2.24, 2.45) is 17.8 Å². The molecule has 0 N–H and O–H groups in total. The van der Waals surface area contributed by atoms with Crippen molar-refractivity contribution in [1.29, 1.82) is 0 Å². The van der Waals surface area contributed by atoms with Crippen LogP contribution in [-0.4, -0.2) is 0 Å². The molecule has 0 aromatic carbocycles. The zero-order chi connectivity index (χ0) is 15.2. The van der Waals surface area contributed by atoms with Crippen LogP contribution in [0.4, 0.5) is 0 Å². The number of hydrogen-bond donors (Lipinski definition) is 0. The third-order valence-corrected chi connectivity index (χ3v) is 5.10. The lowest BCUT2D eigenvalue weighted by atomic mass is 9.76. The topological polar surface area (TPSA) is 0 Å². The monoisotopic (exact) mass is 282 g/mol. The van der Waals surface area contributed by atoms with Crippen molar-refractivity contribution in [2.45, 2.75) is 112 Å². The first-order chi connectivity index (χ1) is 9.69. The lowest BCUT2D eigenvalue weighted by Gasteiger charge is -2.29. The minimum absolute atomic E-state index is 0.923. The molecule has 0 heterocycles. The van der Waals surface area contributed by atoms with E-state index in [1.807, 2.05) is 0 Å². The van der Waals surface area contributed by atoms with Gasteiger partial charge in [0.15, 0.2) is 0 Å². The number of rotatable bonds is 14. The molecule has 122 valence electrons. The summed E-state index contributed by atoms with van der Waals surface area (Å²) >= 11 is 0. The van der Waals surface area contributed by atoms with Crippen LogP contribution in [-0.2, 0) is 0 Å². The predicted molar refractivity (Wildman–Crippen MR) is 94.2 cm³/mol. The van der Waals surface area contributed by atoms with Crippen LogP contribution in [0.15, 0.2) is 0 Å². The van der Waals surface area contributed by atoms with Crippen LogP contribution in [0.3, 0.4) is 0 Å². The molecular formula is C20H42. The summed E-state index contributed by atoms with van der Waals surface area (Å²) in [5.74, 6) is 2.95. The van der Waals surface area contributed by atoms with Gasteiger partial charge in [0.05, 0.1) is 0 Å². The van der Waals surface area contributed by atoms with E-state index in [9.17, 15) is 0 Å². The van der Waals surface area contributed by atoms with Crippen LogP contribution >= 0.6 is 0 Å². The molecule has 2 atom stereocenters. The molecule has 0 bridgehead atoms. The Bertz CT molecular complexity index is 176. The van der Waals surface area contributed by atoms with E-state index in [4.69, 9.17) is 0 Å². The number of hydrogen-bond acceptors (Lipinski definition) is 0. The van der Waals surface area contributed by atoms with Gasteiger partial charge in [0.2, 0.25) is 0 Å². The van der Waals surface area contributed by atoms with E-state index in [-0.39, 0.29) is 0 Å². The molecule has 0 aliphatic carbocycles. The maximum atomic E-state index is 2.46. The van der Waals surface area contributed by atoms with E-state index >= 15 is 0 Å². The van der Waals surface area contributed by atoms with Crippen LogP contribution in [0.25, 0.3) is 0 Å². The molecular weight excluding hydrogens is 240 g/mol. The summed E-state index contributed by atoms with van der Waals surface area (Å²) in [5.41, 5.74) is 0. The zero-order valence-corrected chi connectivity index (χ0v) is 15.2. The second-order valence-electron chi connectivity index (χ2n) is 7.05. The molecule has 0 aliphatic heterocycles. The maximum absolute atomic E-state index is 2.46. The second-order valence-corrected chi connectivity index (χ2v) is 7.05. The zero-order valence-electron chi connectivity index (χ0n) is 15.2. The number of unbranched alkanes of at least 4 members (excludes halogenated alkanes) is 4. The predicted octanol–water partition coefficient (Wildman–Crippen LogP) is 7.62. The third kappa shape index (κ3) is 9.83. The molecule has 2 unspecified atom stereocenters. The summed E-state index contributed by atoms with van der Waals surface area (Å²) in [6, 6.07) is 0. The average Bonchev–Trinajstić information content (AvgIpc) is 2.46. The van der Waals surface area contributed by atoms with Gasteiger partial charge in [0.1, 0.15) is 0 Å². The van der Waals surface area contributed by atoms with Gasteiger partial charge < -0.3 is 0 Å². The summed E-state index contributed by atoms with van der Waals surface area (Å²) in [7, 11) is 0. The SMILES string of the molecule is CCCCCC(CC(C)CC)C(CCCC)CCCC. The van der Waals surface area contributed by atoms with Crippen molar-refractivity contribution in [3.05, 3.63) is 0 Å². The van der Waals surface area contributed by atoms with Gasteiger partial charge >= 0.3 is 0 Å². The van der Waals surface area contributed by atoms with E-state index in [1.165, 1.54) is 77.0 Å². The fourth-order valence-corrected chi connectivity index (χ4v) is 3.43. The first-order valence-corrected chi connectivity index (χ1v) is 9.69. The fourth-order valence-electron chi connectivity index (χ4n) is 3.43. The van der Waals surface area contributed by atoms with Crippen LogP contribution in [0.2, 0.25) is 0 Å². The molecule has 0 amide bonds. The Labute approximate surface area is 130 Å². The molecule has 0 rings (SSSR count). The van der Waals surface area contributed by atoms with E-state index in [1.54, 1.807) is 0 Å². The maximum Gasteiger partial charge on any atom is -0.0383 e. The molecule has 0 fully saturated rings. The Morgan fingerprint density at radius 1 is 0.600 bits per heavy atom. The highest BCUT2D eigenvalue weighted by molar-refractivity contribution is 4.73. The van der Waals surface area contributed by atoms with Crippen LogP contribution in [0.1, 0.15) is 112 Å². The fraction of sp³-hybridized carbons (Fsp3) is 1.00. The molecule has 0 aromatic rings. The van der Waals surface area contributed by atoms with Crippen LogP contribution in [0, 0.1) is 17.8 Å². The molecule has 0 spiro atoms. The first-order valence-electron chi connectivity index (χ1n) is 9.69. The van der Waals surface area contributed by atoms with E-state index in [0.717, 1.165) is 17.8 Å². The summed E-state index contributed by atoms with van der Waals surface area (Å²) in [5, 5.41) is 0. The Balaban J connectivity index is 4.49. The van der Waals surface area contributed by atoms with Gasteiger partial charge in [-0.25, -0.2) is 0 Å². The van der Waals surface area contributed by atoms with Crippen molar-refractivity contribution in [2.75, 3.05) is 0 Å². The van der Waals surface area contributed by atoms with Gasteiger partial charge in [-0.1, -0.05) is 105 Å². The van der Waals surface area contributed by atoms with E-state index in [0.29, 0.717) is 0 Å². The smallest absolute Gasteiger partial charge is 0.0383 e. The lowest BCUT2D eigenvalue weighted by Crippen LogP contribution is -2.18. The minimum atomic E-state index is 0.923. The highest BCUT2D eigenvalue weighted by atomic mass is 14.3. The quantitative estimate of drug-likeness (QED) is 0.287. The lowest BCUT2D eigenvalue weighted by molar-refractivity contribution is 0.218. The molecule has 0 aromatic heterocycles. The summed E-state index contributed by atoms with van der Waals surface area (Å²) in [6.07, 6.45) is 17.2. The molecule has 0 radical (unpaired) electrons. The van der Waals surface area contributed by atoms with Crippen molar-refractivity contribution < 1.29 is 0 Å². The summed E-state index contributed by atoms with van der Waals surface area (Å²) in [6.45, 7) is 11.8. The van der Waals surface area contributed by atoms with Gasteiger partial charge in [0.25, 0.3) is 0 Å². The van der Waals surface area contributed by atoms with Gasteiger partial charge in [-0.05, 0) is 24.2 Å². The summed E-state index contributed by atoms with van der Waals surface area (Å²) in [4.78, 5) is 0. The molecule has 20 heavy (non-hydrogen) atoms. The van der Waals surface area contributed by atoms with E-state index < -0.39 is 0 Å². The largest absolute Gasteiger partial charge is 0.0654 e. The van der Waals surface area contributed by atoms with Crippen molar-refractivity contribution in [1.82, 2.24) is 0 Å². The molecule has 0 saturated carbocycles. The third-order valence-electron chi connectivity index (χ3n) is 5.10. The Hall–Kier alpha value is 0. The Morgan fingerprint density at radius 3 is 1.55 bits per heavy atom. The van der Waals surface area contributed by atoms with Crippen molar-refractivity contribution in [3.63, 3.8) is 0 Å². The molecule has 0 heteroatoms. The molecule has 0 saturated heterocycles. The van der Waals surface area contributed by atoms with Gasteiger partial charge in [0, 0.05) is 0 Å². The second kappa shape index (κ2) is 14.0. The van der Waals surface area contributed by atoms with Gasteiger partial charge in [-0.2, -0.15) is 0 Å². The summed E-state index contributed by atoms with van der Waals surface area (Å²) < 4.78 is 0. The first kappa shape index (κ1) is 20.0. The van der Waals surface area contributed by atoms with Gasteiger partial charge in [-0.3, -0.25) is 0 Å². The highest BCUT2D eigenvalue weighted by Gasteiger charge is 2.22. The molecule has 0 nitrogen and oxygen atoms in total. The Morgan fingerprint density at radius 2 is 1.10 bits per heavy atom. The standard InChI is InChI=1S/C20H42/c1-6-10-13-16-20(17-18(5)9-4)19(14-11-7-2)15-12-8-3/h18-20H,6-17H2,1-5H3. The average molecular weight is 283 g/mol. The normalized spacial score (nSPS) is 14.7. The van der Waals surface area contributed by atoms with Crippen molar-refractivity contribution in [3.8, 4) is 0 Å². The minimum Gasteiger partial charge on any atom is -0.0654 e. The Kier molecular flexibility index (Phi) is 14.0.